The van der Waals surface area contributed by atoms with Crippen molar-refractivity contribution in [2.45, 2.75) is 113 Å². The number of piperidine rings is 1. The SMILES string of the molecule is COc1cc([C@@H](C)N2CCN(C3CC4(CCN(c5ccc(C(=O)NS(=O)(=O)c6cc7c(c([N+](=O)[O-])c6)N[C@H](C6CCOCC6)CO7)c(N6c7cc8cc[nH]c8nc7O[C@H]7COCC[C@@H]76)c5)CC4)C3)[C@H](c3ccccc3C)C2)cnc1N1CCOC[C@@H]1C. The number of hydrogen-bond acceptors (Lipinski definition) is 19. The molecule has 14 rings (SSSR count). The molecule has 1 saturated carbocycles. The van der Waals surface area contributed by atoms with Gasteiger partial charge in [-0.3, -0.25) is 24.7 Å². The number of hydrogen-bond donors (Lipinski definition) is 3. The predicted molar refractivity (Wildman–Crippen MR) is 328 cm³/mol. The van der Waals surface area contributed by atoms with Gasteiger partial charge in [-0.1, -0.05) is 24.3 Å². The van der Waals surface area contributed by atoms with E-state index in [4.69, 9.17) is 38.4 Å². The molecule has 0 unspecified atom stereocenters. The molecule has 1 aliphatic carbocycles. The number of aryl methyl sites for hydroxylation is 1. The number of nitro benzene ring substituents is 1. The lowest BCUT2D eigenvalue weighted by Crippen LogP contribution is -2.60. The van der Waals surface area contributed by atoms with Crippen molar-refractivity contribution in [1.82, 2.24) is 29.5 Å². The average Bonchev–Trinajstić information content (AvgIpc) is 1.55. The molecule has 1 amide bonds. The van der Waals surface area contributed by atoms with Gasteiger partial charge in [0, 0.05) is 113 Å². The lowest BCUT2D eigenvalue weighted by molar-refractivity contribution is -0.384. The minimum absolute atomic E-state index is 0.0251. The van der Waals surface area contributed by atoms with Crippen molar-refractivity contribution in [2.75, 3.05) is 113 Å². The number of carbonyl (C=O) groups is 1. The second kappa shape index (κ2) is 23.3. The first-order valence-corrected chi connectivity index (χ1v) is 32.4. The van der Waals surface area contributed by atoms with Crippen LogP contribution in [0, 0.1) is 28.4 Å². The van der Waals surface area contributed by atoms with Crippen molar-refractivity contribution < 1.29 is 46.6 Å². The largest absolute Gasteiger partial charge is 0.493 e. The van der Waals surface area contributed by atoms with E-state index in [0.29, 0.717) is 68.4 Å². The molecule has 3 N–H and O–H groups in total. The summed E-state index contributed by atoms with van der Waals surface area (Å²) in [5.74, 6) is 1.31. The lowest BCUT2D eigenvalue weighted by Gasteiger charge is -2.58. The number of methoxy groups -OCH3 is 1. The van der Waals surface area contributed by atoms with Gasteiger partial charge in [-0.25, -0.2) is 18.1 Å². The van der Waals surface area contributed by atoms with Crippen LogP contribution in [0.25, 0.3) is 11.0 Å². The van der Waals surface area contributed by atoms with Crippen LogP contribution >= 0.6 is 0 Å². The summed E-state index contributed by atoms with van der Waals surface area (Å²) in [5, 5.41) is 16.8. The third kappa shape index (κ3) is 10.8. The second-order valence-corrected chi connectivity index (χ2v) is 26.8. The number of anilines is 5. The van der Waals surface area contributed by atoms with E-state index >= 15 is 0 Å². The predicted octanol–water partition coefficient (Wildman–Crippen LogP) is 8.68. The Kier molecular flexibility index (Phi) is 15.4. The van der Waals surface area contributed by atoms with Crippen LogP contribution in [0.15, 0.2) is 90.1 Å². The molecule has 6 fully saturated rings. The van der Waals surface area contributed by atoms with E-state index in [1.165, 1.54) is 17.2 Å². The van der Waals surface area contributed by atoms with Gasteiger partial charge in [-0.05, 0) is 130 Å². The van der Waals surface area contributed by atoms with E-state index in [0.717, 1.165) is 112 Å². The van der Waals surface area contributed by atoms with Gasteiger partial charge in [0.25, 0.3) is 21.6 Å². The Morgan fingerprint density at radius 1 is 0.908 bits per heavy atom. The number of benzene rings is 3. The van der Waals surface area contributed by atoms with Gasteiger partial charge in [0.15, 0.2) is 23.0 Å². The van der Waals surface area contributed by atoms with Crippen LogP contribution < -0.4 is 38.9 Å². The highest BCUT2D eigenvalue weighted by Crippen LogP contribution is 2.54. The molecule has 0 radical (unpaired) electrons. The molecule has 6 atom stereocenters. The monoisotopic (exact) mass is 1210 g/mol. The zero-order chi connectivity index (χ0) is 59.7. The van der Waals surface area contributed by atoms with Crippen molar-refractivity contribution in [3.63, 3.8) is 0 Å². The van der Waals surface area contributed by atoms with E-state index in [2.05, 4.69) is 90.6 Å². The molecule has 10 heterocycles. The summed E-state index contributed by atoms with van der Waals surface area (Å²) >= 11 is 0. The smallest absolute Gasteiger partial charge is 0.297 e. The highest BCUT2D eigenvalue weighted by atomic mass is 32.2. The number of ether oxygens (including phenoxy) is 6. The van der Waals surface area contributed by atoms with Crippen molar-refractivity contribution >= 4 is 61.2 Å². The number of amides is 1. The summed E-state index contributed by atoms with van der Waals surface area (Å²) in [4.78, 5) is 51.8. The highest BCUT2D eigenvalue weighted by Gasteiger charge is 2.51. The molecule has 23 heteroatoms. The van der Waals surface area contributed by atoms with Crippen LogP contribution in [0.4, 0.5) is 34.3 Å². The molecule has 3 aromatic carbocycles. The Bertz CT molecular complexity index is 3700. The van der Waals surface area contributed by atoms with Gasteiger partial charge in [-0.2, -0.15) is 4.98 Å². The Morgan fingerprint density at radius 3 is 2.51 bits per heavy atom. The van der Waals surface area contributed by atoms with E-state index in [-0.39, 0.29) is 71.8 Å². The fourth-order valence-electron chi connectivity index (χ4n) is 15.2. The summed E-state index contributed by atoms with van der Waals surface area (Å²) in [6, 6.07) is 23.3. The number of nitrogens with one attached hydrogen (secondary N) is 3. The molecule has 22 nitrogen and oxygen atoms in total. The maximum Gasteiger partial charge on any atom is 0.297 e. The number of piperazine rings is 1. The van der Waals surface area contributed by atoms with Crippen molar-refractivity contribution in [3.05, 3.63) is 118 Å². The zero-order valence-electron chi connectivity index (χ0n) is 49.8. The Balaban J connectivity index is 0.715. The first kappa shape index (κ1) is 57.5. The van der Waals surface area contributed by atoms with Gasteiger partial charge in [0.1, 0.15) is 24.0 Å². The fraction of sp³-hybridized carbons (Fsp3) is 0.516. The summed E-state index contributed by atoms with van der Waals surface area (Å²) in [6.45, 7) is 15.3. The van der Waals surface area contributed by atoms with Crippen molar-refractivity contribution in [3.8, 4) is 17.4 Å². The number of carbonyl (C=O) groups excluding carboxylic acids is 1. The quantitative estimate of drug-likeness (QED) is 0.0725. The number of sulfonamides is 1. The number of morpholine rings is 1. The van der Waals surface area contributed by atoms with Crippen molar-refractivity contribution in [2.24, 2.45) is 11.3 Å². The number of pyridine rings is 2. The topological polar surface area (TPSA) is 232 Å². The molecule has 8 aliphatic rings. The van der Waals surface area contributed by atoms with Crippen molar-refractivity contribution in [1.29, 1.82) is 0 Å². The van der Waals surface area contributed by atoms with Gasteiger partial charge in [0.05, 0.1) is 66.1 Å². The zero-order valence-corrected chi connectivity index (χ0v) is 50.6. The highest BCUT2D eigenvalue weighted by molar-refractivity contribution is 7.90. The third-order valence-corrected chi connectivity index (χ3v) is 21.5. The first-order valence-electron chi connectivity index (χ1n) is 30.9. The summed E-state index contributed by atoms with van der Waals surface area (Å²) < 4.78 is 67.2. The average molecular weight is 1210 g/mol. The van der Waals surface area contributed by atoms with Gasteiger partial charge >= 0.3 is 0 Å². The first-order chi connectivity index (χ1) is 42.2. The molecule has 3 aromatic heterocycles. The third-order valence-electron chi connectivity index (χ3n) is 20.2. The van der Waals surface area contributed by atoms with Crippen LogP contribution in [0.5, 0.6) is 17.4 Å². The molecule has 5 saturated heterocycles. The summed E-state index contributed by atoms with van der Waals surface area (Å²) in [6.07, 6.45) is 9.71. The van der Waals surface area contributed by atoms with E-state index < -0.39 is 37.5 Å². The van der Waals surface area contributed by atoms with E-state index in [1.807, 2.05) is 36.7 Å². The summed E-state index contributed by atoms with van der Waals surface area (Å²) in [5.41, 5.74) is 6.40. The Labute approximate surface area is 507 Å². The Hall–Kier alpha value is -7.28. The van der Waals surface area contributed by atoms with E-state index in [9.17, 15) is 23.3 Å². The number of nitro groups is 1. The lowest BCUT2D eigenvalue weighted by atomic mass is 9.59. The van der Waals surface area contributed by atoms with Gasteiger partial charge < -0.3 is 53.4 Å². The van der Waals surface area contributed by atoms with Gasteiger partial charge in [-0.15, -0.1) is 0 Å². The molecular formula is C64H77N11O11S. The molecule has 0 bridgehead atoms. The van der Waals surface area contributed by atoms with Crippen LogP contribution in [-0.2, 0) is 24.2 Å². The second-order valence-electron chi connectivity index (χ2n) is 25.1. The molecule has 7 aliphatic heterocycles. The van der Waals surface area contributed by atoms with E-state index in [1.54, 1.807) is 13.2 Å². The molecular weight excluding hydrogens is 1130 g/mol. The number of H-pyrrole nitrogens is 1. The van der Waals surface area contributed by atoms with Crippen LogP contribution in [-0.4, -0.2) is 167 Å². The number of aromatic amines is 1. The number of aromatic nitrogens is 3. The summed E-state index contributed by atoms with van der Waals surface area (Å²) in [7, 11) is -2.99. The maximum absolute atomic E-state index is 15.0. The Morgan fingerprint density at radius 2 is 1.71 bits per heavy atom. The number of rotatable bonds is 13. The fourth-order valence-corrected chi connectivity index (χ4v) is 16.2. The number of nitrogens with zero attached hydrogens (tertiary/aromatic N) is 8. The molecule has 87 heavy (non-hydrogen) atoms. The number of fused-ring (bicyclic) bond motifs is 4. The van der Waals surface area contributed by atoms with Gasteiger partial charge in [0.2, 0.25) is 5.88 Å². The molecule has 460 valence electrons. The maximum atomic E-state index is 15.0. The minimum Gasteiger partial charge on any atom is -0.493 e. The standard InChI is InChI=1S/C64H77N11O11S/c1-39-7-5-6-8-48(39)55-35-71(41(3)44-28-57(81-4)61(66-34-44)72-22-26-84-36-40(72)2)20-21-73(55)46-32-64(33-46)15-18-70(19-16-64)45-9-10-49(52(29-45)74-51-14-25-83-38-58(51)86-63-54(74)27-43-11-17-65-60(43)68-63)62(76)69-87(79,80)47-30-53(75(77)78)59-56(31-47)85-37-50(67-59)42-12-23-82-24-13-42/h5-11,17,27-31,34,40-42,46,50-51,55,58,67H,12-16,18-26,32-33,35-38H2,1-4H3,(H,65,68)(H,69,76)/t40-,41+,50-,51-,55-,58-/m0/s1. The van der Waals surface area contributed by atoms with Crippen LogP contribution in [0.1, 0.15) is 97.9 Å². The van der Waals surface area contributed by atoms with Crippen LogP contribution in [0.2, 0.25) is 0 Å². The van der Waals surface area contributed by atoms with Crippen LogP contribution in [0.3, 0.4) is 0 Å². The molecule has 6 aromatic rings. The minimum atomic E-state index is -4.72. The molecule has 1 spiro atoms. The normalized spacial score (nSPS) is 24.8.